The summed E-state index contributed by atoms with van der Waals surface area (Å²) in [6.45, 7) is 7.43. The maximum Gasteiger partial charge on any atom is 0.352 e. The molecule has 0 aliphatic carbocycles. The van der Waals surface area contributed by atoms with Crippen LogP contribution in [0.3, 0.4) is 0 Å². The lowest BCUT2D eigenvalue weighted by Crippen LogP contribution is -2.25. The third kappa shape index (κ3) is 7.53. The Labute approximate surface area is 164 Å². The average Bonchev–Trinajstić information content (AvgIpc) is 2.60. The van der Waals surface area contributed by atoms with Crippen molar-refractivity contribution in [1.82, 2.24) is 19.9 Å². The highest BCUT2D eigenvalue weighted by molar-refractivity contribution is 7.92. The first kappa shape index (κ1) is 21.6. The molecular weight excluding hydrogens is 384 g/mol. The quantitative estimate of drug-likeness (QED) is 0.474. The Bertz CT molecular complexity index is 927. The van der Waals surface area contributed by atoms with Crippen molar-refractivity contribution in [3.63, 3.8) is 0 Å². The van der Waals surface area contributed by atoms with Gasteiger partial charge < -0.3 is 15.0 Å². The van der Waals surface area contributed by atoms with Crippen molar-refractivity contribution in [3.8, 4) is 6.01 Å². The molecule has 0 radical (unpaired) electrons. The van der Waals surface area contributed by atoms with Gasteiger partial charge in [-0.05, 0) is 37.7 Å². The van der Waals surface area contributed by atoms with Gasteiger partial charge in [0.15, 0.2) is 0 Å². The third-order valence-electron chi connectivity index (χ3n) is 3.80. The van der Waals surface area contributed by atoms with Crippen LogP contribution in [0.2, 0.25) is 0 Å². The van der Waals surface area contributed by atoms with Crippen molar-refractivity contribution >= 4 is 27.3 Å². The van der Waals surface area contributed by atoms with Crippen LogP contribution < -0.4 is 20.5 Å². The SMILES string of the molecule is CCN(CC)CCCOc1nc(Nc2cccc(NS(C)(=O)=O)c2)[nH]c(=O)n1. The highest BCUT2D eigenvalue weighted by Gasteiger charge is 2.07. The predicted octanol–water partition coefficient (Wildman–Crippen LogP) is 1.39. The normalized spacial score (nSPS) is 11.4. The van der Waals surface area contributed by atoms with Crippen LogP contribution in [0, 0.1) is 0 Å². The molecule has 0 unspecified atom stereocenters. The molecule has 0 aliphatic heterocycles. The maximum absolute atomic E-state index is 11.8. The first-order valence-electron chi connectivity index (χ1n) is 8.97. The van der Waals surface area contributed by atoms with Gasteiger partial charge in [-0.15, -0.1) is 4.98 Å². The number of aromatic amines is 1. The topological polar surface area (TPSA) is 129 Å². The van der Waals surface area contributed by atoms with Crippen LogP contribution in [0.4, 0.5) is 17.3 Å². The molecule has 2 rings (SSSR count). The zero-order chi connectivity index (χ0) is 20.6. The van der Waals surface area contributed by atoms with Crippen LogP contribution in [0.1, 0.15) is 20.3 Å². The fourth-order valence-electron chi connectivity index (χ4n) is 2.49. The van der Waals surface area contributed by atoms with Gasteiger partial charge >= 0.3 is 11.7 Å². The highest BCUT2D eigenvalue weighted by Crippen LogP contribution is 2.18. The van der Waals surface area contributed by atoms with Crippen LogP contribution in [0.5, 0.6) is 6.01 Å². The van der Waals surface area contributed by atoms with E-state index in [9.17, 15) is 13.2 Å². The number of hydrogen-bond acceptors (Lipinski definition) is 8. The summed E-state index contributed by atoms with van der Waals surface area (Å²) in [5.74, 6) is 0.148. The van der Waals surface area contributed by atoms with Gasteiger partial charge in [0, 0.05) is 12.2 Å². The fourth-order valence-corrected chi connectivity index (χ4v) is 3.05. The van der Waals surface area contributed by atoms with E-state index in [1.54, 1.807) is 24.3 Å². The molecule has 1 aromatic carbocycles. The summed E-state index contributed by atoms with van der Waals surface area (Å²) >= 11 is 0. The van der Waals surface area contributed by atoms with Crippen LogP contribution in [0.15, 0.2) is 29.1 Å². The molecule has 1 heterocycles. The maximum atomic E-state index is 11.8. The van der Waals surface area contributed by atoms with Crippen molar-refractivity contribution in [2.24, 2.45) is 0 Å². The van der Waals surface area contributed by atoms with E-state index in [-0.39, 0.29) is 12.0 Å². The van der Waals surface area contributed by atoms with Crippen LogP contribution in [-0.2, 0) is 10.0 Å². The molecule has 0 spiro atoms. The van der Waals surface area contributed by atoms with E-state index in [1.165, 1.54) is 0 Å². The number of aromatic nitrogens is 3. The Hall–Kier alpha value is -2.66. The highest BCUT2D eigenvalue weighted by atomic mass is 32.2. The van der Waals surface area contributed by atoms with Crippen molar-refractivity contribution in [3.05, 3.63) is 34.7 Å². The van der Waals surface area contributed by atoms with Gasteiger partial charge in [-0.3, -0.25) is 9.71 Å². The minimum Gasteiger partial charge on any atom is -0.463 e. The summed E-state index contributed by atoms with van der Waals surface area (Å²) in [6, 6.07) is 6.54. The molecular formula is C17H26N6O4S. The van der Waals surface area contributed by atoms with E-state index in [2.05, 4.69) is 43.7 Å². The first-order chi connectivity index (χ1) is 13.3. The number of nitrogens with one attached hydrogen (secondary N) is 3. The van der Waals surface area contributed by atoms with E-state index in [0.29, 0.717) is 18.0 Å². The number of rotatable bonds is 11. The van der Waals surface area contributed by atoms with E-state index >= 15 is 0 Å². The Morgan fingerprint density at radius 3 is 2.57 bits per heavy atom. The molecule has 2 aromatic rings. The van der Waals surface area contributed by atoms with Crippen molar-refractivity contribution in [2.45, 2.75) is 20.3 Å². The van der Waals surface area contributed by atoms with Crippen molar-refractivity contribution < 1.29 is 13.2 Å². The number of sulfonamides is 1. The molecule has 0 saturated heterocycles. The summed E-state index contributed by atoms with van der Waals surface area (Å²) in [4.78, 5) is 24.4. The zero-order valence-corrected chi connectivity index (χ0v) is 17.0. The van der Waals surface area contributed by atoms with Gasteiger partial charge in [0.05, 0.1) is 18.6 Å². The number of benzene rings is 1. The number of hydrogen-bond donors (Lipinski definition) is 3. The Kier molecular flexibility index (Phi) is 7.76. The number of ether oxygens (including phenoxy) is 1. The van der Waals surface area contributed by atoms with Crippen LogP contribution >= 0.6 is 0 Å². The Balaban J connectivity index is 2.01. The summed E-state index contributed by atoms with van der Waals surface area (Å²) < 4.78 is 30.6. The predicted molar refractivity (Wildman–Crippen MR) is 109 cm³/mol. The lowest BCUT2D eigenvalue weighted by Gasteiger charge is -2.17. The molecule has 0 atom stereocenters. The van der Waals surface area contributed by atoms with Gasteiger partial charge in [-0.2, -0.15) is 4.98 Å². The van der Waals surface area contributed by atoms with Crippen molar-refractivity contribution in [1.29, 1.82) is 0 Å². The molecule has 0 amide bonds. The van der Waals surface area contributed by atoms with E-state index in [0.717, 1.165) is 32.3 Å². The van der Waals surface area contributed by atoms with Crippen LogP contribution in [-0.4, -0.2) is 60.8 Å². The largest absolute Gasteiger partial charge is 0.463 e. The van der Waals surface area contributed by atoms with Gasteiger partial charge in [0.25, 0.3) is 0 Å². The van der Waals surface area contributed by atoms with E-state index in [1.807, 2.05) is 0 Å². The summed E-state index contributed by atoms with van der Waals surface area (Å²) in [6.07, 6.45) is 1.86. The second kappa shape index (κ2) is 10.0. The molecule has 11 heteroatoms. The molecule has 3 N–H and O–H groups in total. The number of anilines is 3. The molecule has 0 saturated carbocycles. The smallest absolute Gasteiger partial charge is 0.352 e. The summed E-state index contributed by atoms with van der Waals surface area (Å²) in [7, 11) is -3.39. The first-order valence-corrected chi connectivity index (χ1v) is 10.9. The van der Waals surface area contributed by atoms with Gasteiger partial charge in [-0.25, -0.2) is 13.2 Å². The molecule has 10 nitrogen and oxygen atoms in total. The van der Waals surface area contributed by atoms with Crippen molar-refractivity contribution in [2.75, 3.05) is 42.5 Å². The molecule has 0 bridgehead atoms. The molecule has 0 aliphatic rings. The monoisotopic (exact) mass is 410 g/mol. The average molecular weight is 411 g/mol. The molecule has 28 heavy (non-hydrogen) atoms. The van der Waals surface area contributed by atoms with Gasteiger partial charge in [-0.1, -0.05) is 19.9 Å². The lowest BCUT2D eigenvalue weighted by atomic mass is 10.3. The minimum absolute atomic E-state index is 0.0174. The van der Waals surface area contributed by atoms with E-state index in [4.69, 9.17) is 4.74 Å². The number of H-pyrrole nitrogens is 1. The van der Waals surface area contributed by atoms with Crippen LogP contribution in [0.25, 0.3) is 0 Å². The second-order valence-electron chi connectivity index (χ2n) is 6.09. The van der Waals surface area contributed by atoms with Gasteiger partial charge in [0.2, 0.25) is 16.0 Å². The molecule has 154 valence electrons. The van der Waals surface area contributed by atoms with Gasteiger partial charge in [0.1, 0.15) is 0 Å². The Morgan fingerprint density at radius 1 is 1.18 bits per heavy atom. The fraction of sp³-hybridized carbons (Fsp3) is 0.471. The Morgan fingerprint density at radius 2 is 1.89 bits per heavy atom. The second-order valence-corrected chi connectivity index (χ2v) is 7.84. The standard InChI is InChI=1S/C17H26N6O4S/c1-4-23(5-2)10-7-11-27-17-20-15(19-16(24)21-17)18-13-8-6-9-14(12-13)22-28(3,25)26/h6,8-9,12,22H,4-5,7,10-11H2,1-3H3,(H2,18,19,20,21,24). The molecule has 1 aromatic heterocycles. The lowest BCUT2D eigenvalue weighted by molar-refractivity contribution is 0.238. The summed E-state index contributed by atoms with van der Waals surface area (Å²) in [5, 5.41) is 2.91. The third-order valence-corrected chi connectivity index (χ3v) is 4.41. The number of nitrogens with zero attached hydrogens (tertiary/aromatic N) is 3. The summed E-state index contributed by atoms with van der Waals surface area (Å²) in [5.41, 5.74) is 0.328. The molecule has 0 fully saturated rings. The minimum atomic E-state index is -3.39. The van der Waals surface area contributed by atoms with E-state index < -0.39 is 15.7 Å². The zero-order valence-electron chi connectivity index (χ0n) is 16.2.